The van der Waals surface area contributed by atoms with Gasteiger partial charge in [-0.05, 0) is 24.5 Å². The van der Waals surface area contributed by atoms with Gasteiger partial charge in [-0.15, -0.1) is 0 Å². The van der Waals surface area contributed by atoms with Gasteiger partial charge in [-0.25, -0.2) is 13.1 Å². The molecule has 23 heavy (non-hydrogen) atoms. The van der Waals surface area contributed by atoms with E-state index in [0.29, 0.717) is 19.0 Å². The maximum absolute atomic E-state index is 11.9. The highest BCUT2D eigenvalue weighted by atomic mass is 32.2. The zero-order valence-corrected chi connectivity index (χ0v) is 14.0. The van der Waals surface area contributed by atoms with Gasteiger partial charge in [0, 0.05) is 37.9 Å². The molecule has 1 saturated heterocycles. The maximum Gasteiger partial charge on any atom is 0.237 e. The number of pyridine rings is 1. The van der Waals surface area contributed by atoms with Crippen LogP contribution in [-0.4, -0.2) is 54.7 Å². The molecule has 1 N–H and O–H groups in total. The van der Waals surface area contributed by atoms with Gasteiger partial charge in [0.1, 0.15) is 0 Å². The minimum absolute atomic E-state index is 0.169. The molecule has 0 spiro atoms. The summed E-state index contributed by atoms with van der Waals surface area (Å²) in [4.78, 5) is 18.0. The molecule has 3 rings (SSSR count). The summed E-state index contributed by atoms with van der Waals surface area (Å²) in [5, 5.41) is 1.17. The number of amides is 1. The number of nitrogens with zero attached hydrogens (tertiary/aromatic N) is 3. The fourth-order valence-electron chi connectivity index (χ4n) is 2.95. The van der Waals surface area contributed by atoms with Crippen LogP contribution in [0.2, 0.25) is 0 Å². The fraction of sp³-hybridized carbons (Fsp3) is 0.467. The molecular weight excluding hydrogens is 316 g/mol. The van der Waals surface area contributed by atoms with Gasteiger partial charge in [0.15, 0.2) is 0 Å². The van der Waals surface area contributed by atoms with E-state index in [2.05, 4.69) is 20.3 Å². The summed E-state index contributed by atoms with van der Waals surface area (Å²) < 4.78 is 26.3. The van der Waals surface area contributed by atoms with Gasteiger partial charge in [-0.2, -0.15) is 0 Å². The zero-order chi connectivity index (χ0) is 16.6. The van der Waals surface area contributed by atoms with Gasteiger partial charge >= 0.3 is 0 Å². The van der Waals surface area contributed by atoms with Gasteiger partial charge in [0.25, 0.3) is 0 Å². The van der Waals surface area contributed by atoms with E-state index in [9.17, 15) is 13.2 Å². The lowest BCUT2D eigenvalue weighted by molar-refractivity contribution is -0.136. The van der Waals surface area contributed by atoms with Crippen molar-refractivity contribution in [3.05, 3.63) is 30.2 Å². The Kier molecular flexibility index (Phi) is 4.11. The van der Waals surface area contributed by atoms with Crippen molar-refractivity contribution in [1.29, 1.82) is 0 Å². The van der Waals surface area contributed by atoms with E-state index in [0.717, 1.165) is 23.9 Å². The summed E-state index contributed by atoms with van der Waals surface area (Å²) in [5.41, 5.74) is 2.18. The topological polar surface area (TPSA) is 84.3 Å². The highest BCUT2D eigenvalue weighted by Crippen LogP contribution is 2.24. The third kappa shape index (κ3) is 3.53. The van der Waals surface area contributed by atoms with Crippen molar-refractivity contribution >= 4 is 26.8 Å². The normalized spacial score (nSPS) is 15.8. The Labute approximate surface area is 135 Å². The second-order valence-corrected chi connectivity index (χ2v) is 7.92. The Morgan fingerprint density at radius 3 is 2.83 bits per heavy atom. The van der Waals surface area contributed by atoms with Crippen LogP contribution in [0, 0.1) is 5.92 Å². The zero-order valence-electron chi connectivity index (χ0n) is 13.2. The minimum Gasteiger partial charge on any atom is -0.349 e. The third-order valence-electron chi connectivity index (χ3n) is 4.14. The van der Waals surface area contributed by atoms with Gasteiger partial charge in [0.2, 0.25) is 15.9 Å². The van der Waals surface area contributed by atoms with Gasteiger partial charge < -0.3 is 9.47 Å². The molecule has 0 aliphatic carbocycles. The summed E-state index contributed by atoms with van der Waals surface area (Å²) in [5.74, 6) is 0.182. The standard InChI is InChI=1S/C15H20N4O3S/c1-18-6-4-12-3-5-16-13(15(12)18)7-11-9-19(10-11)14(20)8-17-23(2,21)22/h3-6,11,17H,7-10H2,1-2H3. The lowest BCUT2D eigenvalue weighted by Crippen LogP contribution is -2.53. The Balaban J connectivity index is 1.58. The largest absolute Gasteiger partial charge is 0.349 e. The molecule has 3 heterocycles. The number of hydrogen-bond donors (Lipinski definition) is 1. The number of aryl methyl sites for hydroxylation is 1. The monoisotopic (exact) mass is 336 g/mol. The summed E-state index contributed by atoms with van der Waals surface area (Å²) in [6.07, 6.45) is 5.70. The molecule has 0 aromatic carbocycles. The first-order valence-electron chi connectivity index (χ1n) is 7.45. The number of fused-ring (bicyclic) bond motifs is 1. The second-order valence-electron chi connectivity index (χ2n) is 6.08. The first-order chi connectivity index (χ1) is 10.8. The first-order valence-corrected chi connectivity index (χ1v) is 9.34. The van der Waals surface area contributed by atoms with E-state index in [4.69, 9.17) is 0 Å². The maximum atomic E-state index is 11.9. The van der Waals surface area contributed by atoms with Crippen LogP contribution < -0.4 is 4.72 Å². The Morgan fingerprint density at radius 2 is 2.13 bits per heavy atom. The lowest BCUT2D eigenvalue weighted by atomic mass is 9.93. The molecule has 124 valence electrons. The average molecular weight is 336 g/mol. The summed E-state index contributed by atoms with van der Waals surface area (Å²) in [6, 6.07) is 4.06. The van der Waals surface area contributed by atoms with Crippen molar-refractivity contribution in [2.24, 2.45) is 13.0 Å². The second kappa shape index (κ2) is 5.93. The van der Waals surface area contributed by atoms with E-state index >= 15 is 0 Å². The van der Waals surface area contributed by atoms with Gasteiger partial charge in [-0.1, -0.05) is 0 Å². The molecule has 0 saturated carbocycles. The van der Waals surface area contributed by atoms with Crippen molar-refractivity contribution < 1.29 is 13.2 Å². The average Bonchev–Trinajstić information content (AvgIpc) is 2.81. The van der Waals surface area contributed by atoms with Crippen LogP contribution in [0.25, 0.3) is 10.9 Å². The van der Waals surface area contributed by atoms with Gasteiger partial charge in [-0.3, -0.25) is 9.78 Å². The highest BCUT2D eigenvalue weighted by Gasteiger charge is 2.31. The van der Waals surface area contributed by atoms with Crippen LogP contribution in [0.3, 0.4) is 0 Å². The molecule has 1 fully saturated rings. The number of sulfonamides is 1. The van der Waals surface area contributed by atoms with E-state index in [1.807, 2.05) is 25.5 Å². The van der Waals surface area contributed by atoms with Crippen molar-refractivity contribution in [2.45, 2.75) is 6.42 Å². The van der Waals surface area contributed by atoms with E-state index in [1.54, 1.807) is 4.90 Å². The number of hydrogen-bond acceptors (Lipinski definition) is 4. The van der Waals surface area contributed by atoms with Crippen LogP contribution >= 0.6 is 0 Å². The third-order valence-corrected chi connectivity index (χ3v) is 4.81. The molecule has 0 radical (unpaired) electrons. The predicted molar refractivity (Wildman–Crippen MR) is 87.3 cm³/mol. The fourth-order valence-corrected chi connectivity index (χ4v) is 3.34. The van der Waals surface area contributed by atoms with E-state index in [-0.39, 0.29) is 12.5 Å². The summed E-state index contributed by atoms with van der Waals surface area (Å²) in [7, 11) is -1.33. The Bertz CT molecular complexity index is 838. The van der Waals surface area contributed by atoms with Crippen molar-refractivity contribution in [1.82, 2.24) is 19.2 Å². The highest BCUT2D eigenvalue weighted by molar-refractivity contribution is 7.88. The van der Waals surface area contributed by atoms with E-state index in [1.165, 1.54) is 5.39 Å². The molecule has 2 aromatic heterocycles. The summed E-state index contributed by atoms with van der Waals surface area (Å²) in [6.45, 7) is 1.12. The Hall–Kier alpha value is -1.93. The number of likely N-dealkylation sites (tertiary alicyclic amines) is 1. The molecule has 1 aliphatic heterocycles. The molecule has 7 nitrogen and oxygen atoms in total. The van der Waals surface area contributed by atoms with Crippen LogP contribution in [-0.2, 0) is 28.3 Å². The van der Waals surface area contributed by atoms with Crippen molar-refractivity contribution in [2.75, 3.05) is 25.9 Å². The number of carbonyl (C=O) groups is 1. The smallest absolute Gasteiger partial charge is 0.237 e. The summed E-state index contributed by atoms with van der Waals surface area (Å²) >= 11 is 0. The van der Waals surface area contributed by atoms with E-state index < -0.39 is 10.0 Å². The first kappa shape index (κ1) is 15.9. The lowest BCUT2D eigenvalue weighted by Gasteiger charge is -2.39. The molecule has 0 atom stereocenters. The van der Waals surface area contributed by atoms with Crippen molar-refractivity contribution in [3.63, 3.8) is 0 Å². The number of nitrogens with one attached hydrogen (secondary N) is 1. The van der Waals surface area contributed by atoms with Crippen LogP contribution in [0.4, 0.5) is 0 Å². The quantitative estimate of drug-likeness (QED) is 0.841. The molecule has 2 aromatic rings. The SMILES string of the molecule is Cn1ccc2ccnc(CC3CN(C(=O)CNS(C)(=O)=O)C3)c21. The molecule has 8 heteroatoms. The van der Waals surface area contributed by atoms with Crippen LogP contribution in [0.5, 0.6) is 0 Å². The molecule has 0 bridgehead atoms. The van der Waals surface area contributed by atoms with Crippen molar-refractivity contribution in [3.8, 4) is 0 Å². The molecule has 1 amide bonds. The number of carbonyl (C=O) groups excluding carboxylic acids is 1. The van der Waals surface area contributed by atoms with Crippen LogP contribution in [0.1, 0.15) is 5.69 Å². The molecule has 1 aliphatic rings. The minimum atomic E-state index is -3.33. The number of rotatable bonds is 5. The predicted octanol–water partition coefficient (Wildman–Crippen LogP) is 0.123. The number of aromatic nitrogens is 2. The molecule has 0 unspecified atom stereocenters. The Morgan fingerprint density at radius 1 is 1.39 bits per heavy atom. The van der Waals surface area contributed by atoms with Gasteiger partial charge in [0.05, 0.1) is 24.0 Å². The molecular formula is C15H20N4O3S. The van der Waals surface area contributed by atoms with Crippen LogP contribution in [0.15, 0.2) is 24.5 Å².